The van der Waals surface area contributed by atoms with Crippen LogP contribution < -0.4 is 0 Å². The van der Waals surface area contributed by atoms with Crippen molar-refractivity contribution < 1.29 is 9.90 Å². The zero-order valence-electron chi connectivity index (χ0n) is 14.9. The van der Waals surface area contributed by atoms with Crippen molar-refractivity contribution in [2.24, 2.45) is 28.1 Å². The molecule has 133 valence electrons. The van der Waals surface area contributed by atoms with Gasteiger partial charge in [-0.25, -0.2) is 0 Å². The van der Waals surface area contributed by atoms with Crippen molar-refractivity contribution in [1.82, 2.24) is 0 Å². The van der Waals surface area contributed by atoms with Gasteiger partial charge in [-0.15, -0.1) is 6.58 Å². The van der Waals surface area contributed by atoms with E-state index in [0.29, 0.717) is 11.8 Å². The molecule has 0 unspecified atom stereocenters. The van der Waals surface area contributed by atoms with E-state index >= 15 is 0 Å². The first-order valence-corrected chi connectivity index (χ1v) is 8.83. The zero-order valence-corrected chi connectivity index (χ0v) is 14.9. The zero-order chi connectivity index (χ0) is 16.2. The van der Waals surface area contributed by atoms with E-state index in [9.17, 15) is 9.90 Å². The Bertz CT molecular complexity index is 540. The van der Waals surface area contributed by atoms with Gasteiger partial charge in [-0.2, -0.15) is 0 Å². The molecule has 3 rings (SSSR count). The summed E-state index contributed by atoms with van der Waals surface area (Å²) in [5.41, 5.74) is 1.35. The lowest BCUT2D eigenvalue weighted by Gasteiger charge is -2.58. The molecule has 2 nitrogen and oxygen atoms in total. The van der Waals surface area contributed by atoms with Crippen molar-refractivity contribution in [1.29, 1.82) is 0 Å². The number of fused-ring (bicyclic) bond motifs is 3. The van der Waals surface area contributed by atoms with E-state index in [0.717, 1.165) is 38.5 Å². The highest BCUT2D eigenvalue weighted by Gasteiger charge is 2.57. The SMILES string of the molecule is C.C=C[C@@]1(C)CC=C2[C@@H](CC[C@@H]3[C@](C)(C(=O)O)CCC[C@@]23C)C1.[B]. The van der Waals surface area contributed by atoms with Crippen LogP contribution in [0.4, 0.5) is 0 Å². The largest absolute Gasteiger partial charge is 0.481 e. The molecule has 0 spiro atoms. The third kappa shape index (κ3) is 2.89. The van der Waals surface area contributed by atoms with Gasteiger partial charge in [-0.3, -0.25) is 4.79 Å². The van der Waals surface area contributed by atoms with Gasteiger partial charge < -0.3 is 5.11 Å². The average Bonchev–Trinajstić information content (AvgIpc) is 2.46. The highest BCUT2D eigenvalue weighted by molar-refractivity contribution is 5.75. The van der Waals surface area contributed by atoms with E-state index in [1.165, 1.54) is 6.42 Å². The molecule has 24 heavy (non-hydrogen) atoms. The molecule has 3 aliphatic carbocycles. The Morgan fingerprint density at radius 2 is 1.96 bits per heavy atom. The molecule has 0 aromatic heterocycles. The first-order chi connectivity index (χ1) is 10.3. The van der Waals surface area contributed by atoms with E-state index in [4.69, 9.17) is 0 Å². The van der Waals surface area contributed by atoms with Crippen LogP contribution in [0.5, 0.6) is 0 Å². The van der Waals surface area contributed by atoms with Gasteiger partial charge in [-0.1, -0.05) is 45.4 Å². The first-order valence-electron chi connectivity index (χ1n) is 8.83. The number of allylic oxidation sites excluding steroid dienone is 3. The molecule has 0 bridgehead atoms. The highest BCUT2D eigenvalue weighted by atomic mass is 16.4. The van der Waals surface area contributed by atoms with Crippen LogP contribution in [0, 0.1) is 28.1 Å². The number of rotatable bonds is 2. The van der Waals surface area contributed by atoms with E-state index in [1.807, 2.05) is 6.92 Å². The summed E-state index contributed by atoms with van der Waals surface area (Å²) in [4.78, 5) is 11.9. The molecule has 0 heterocycles. The van der Waals surface area contributed by atoms with Crippen molar-refractivity contribution >= 4 is 14.4 Å². The van der Waals surface area contributed by atoms with E-state index in [-0.39, 0.29) is 26.7 Å². The number of hydrogen-bond acceptors (Lipinski definition) is 1. The van der Waals surface area contributed by atoms with Crippen molar-refractivity contribution in [3.63, 3.8) is 0 Å². The fourth-order valence-corrected chi connectivity index (χ4v) is 5.87. The van der Waals surface area contributed by atoms with Gasteiger partial charge >= 0.3 is 5.97 Å². The van der Waals surface area contributed by atoms with E-state index < -0.39 is 11.4 Å². The summed E-state index contributed by atoms with van der Waals surface area (Å²) < 4.78 is 0. The predicted molar refractivity (Wildman–Crippen MR) is 102 cm³/mol. The minimum Gasteiger partial charge on any atom is -0.481 e. The Labute approximate surface area is 150 Å². The second-order valence-corrected chi connectivity index (χ2v) is 8.75. The summed E-state index contributed by atoms with van der Waals surface area (Å²) in [5.74, 6) is 0.338. The van der Waals surface area contributed by atoms with Crippen LogP contribution in [0.3, 0.4) is 0 Å². The molecule has 0 saturated heterocycles. The lowest BCUT2D eigenvalue weighted by atomic mass is 9.46. The number of carboxylic acid groups (broad SMARTS) is 1. The van der Waals surface area contributed by atoms with Gasteiger partial charge in [0.1, 0.15) is 0 Å². The first kappa shape index (κ1) is 21.1. The Hall–Kier alpha value is -0.985. The number of carboxylic acids is 1. The van der Waals surface area contributed by atoms with Crippen LogP contribution in [0.2, 0.25) is 0 Å². The summed E-state index contributed by atoms with van der Waals surface area (Å²) >= 11 is 0. The van der Waals surface area contributed by atoms with Crippen molar-refractivity contribution in [3.8, 4) is 0 Å². The van der Waals surface area contributed by atoms with Crippen LogP contribution in [0.1, 0.15) is 73.1 Å². The number of hydrogen-bond donors (Lipinski definition) is 1. The third-order valence-electron chi connectivity index (χ3n) is 7.32. The van der Waals surface area contributed by atoms with Gasteiger partial charge in [-0.05, 0) is 68.1 Å². The summed E-state index contributed by atoms with van der Waals surface area (Å²) in [6, 6.07) is 0. The Morgan fingerprint density at radius 1 is 1.29 bits per heavy atom. The molecule has 3 heteroatoms. The van der Waals surface area contributed by atoms with E-state index in [2.05, 4.69) is 32.6 Å². The van der Waals surface area contributed by atoms with Crippen LogP contribution >= 0.6 is 0 Å². The van der Waals surface area contributed by atoms with Gasteiger partial charge in [0, 0.05) is 8.41 Å². The molecule has 2 saturated carbocycles. The summed E-state index contributed by atoms with van der Waals surface area (Å²) in [5, 5.41) is 9.84. The number of aliphatic carboxylic acids is 1. The second-order valence-electron chi connectivity index (χ2n) is 8.75. The monoisotopic (exact) mass is 329 g/mol. The molecule has 3 radical (unpaired) electrons. The van der Waals surface area contributed by atoms with Crippen molar-refractivity contribution in [2.75, 3.05) is 0 Å². The van der Waals surface area contributed by atoms with Gasteiger partial charge in [0.25, 0.3) is 0 Å². The lowest BCUT2D eigenvalue weighted by molar-refractivity contribution is -0.160. The van der Waals surface area contributed by atoms with Gasteiger partial charge in [0.2, 0.25) is 0 Å². The van der Waals surface area contributed by atoms with Gasteiger partial charge in [0.15, 0.2) is 0 Å². The van der Waals surface area contributed by atoms with E-state index in [1.54, 1.807) is 5.57 Å². The van der Waals surface area contributed by atoms with Crippen molar-refractivity contribution in [3.05, 3.63) is 24.3 Å². The average molecular weight is 329 g/mol. The molecule has 0 aromatic carbocycles. The minimum absolute atomic E-state index is 0. The fraction of sp³-hybridized carbons (Fsp3) is 0.762. The molecule has 3 aliphatic rings. The summed E-state index contributed by atoms with van der Waals surface area (Å²) in [6.45, 7) is 10.7. The summed E-state index contributed by atoms with van der Waals surface area (Å²) in [6.07, 6.45) is 12.1. The predicted octanol–water partition coefficient (Wildman–Crippen LogP) is 5.46. The standard InChI is InChI=1S/C20H30O2.CH4.B/c1-5-18(2)12-9-15-14(13-18)7-8-16-19(15,3)10-6-11-20(16,4)17(21)22;;/h5,9,14,16H,1,6-8,10-13H2,2-4H3,(H,21,22);1H4;/t14-,16-,18-,19-,20+;;/m0../s1. The van der Waals surface area contributed by atoms with Crippen LogP contribution in [-0.4, -0.2) is 19.5 Å². The fourth-order valence-electron chi connectivity index (χ4n) is 5.87. The topological polar surface area (TPSA) is 37.3 Å². The maximum atomic E-state index is 11.9. The maximum Gasteiger partial charge on any atom is 0.309 e. The Morgan fingerprint density at radius 3 is 2.54 bits per heavy atom. The molecule has 0 aromatic rings. The highest BCUT2D eigenvalue weighted by Crippen LogP contribution is 2.63. The number of carbonyl (C=O) groups is 1. The molecular formula is C21H34BO2. The molecule has 1 N–H and O–H groups in total. The summed E-state index contributed by atoms with van der Waals surface area (Å²) in [7, 11) is 0. The minimum atomic E-state index is -0.589. The molecular weight excluding hydrogens is 295 g/mol. The quantitative estimate of drug-likeness (QED) is 0.539. The molecule has 2 fully saturated rings. The second kappa shape index (κ2) is 6.73. The Balaban J connectivity index is 0.00000144. The normalized spacial score (nSPS) is 43.9. The molecule has 5 atom stereocenters. The van der Waals surface area contributed by atoms with Crippen LogP contribution in [0.15, 0.2) is 24.3 Å². The smallest absolute Gasteiger partial charge is 0.309 e. The maximum absolute atomic E-state index is 11.9. The van der Waals surface area contributed by atoms with Crippen LogP contribution in [0.25, 0.3) is 0 Å². The van der Waals surface area contributed by atoms with Crippen molar-refractivity contribution in [2.45, 2.75) is 73.1 Å². The van der Waals surface area contributed by atoms with Crippen LogP contribution in [-0.2, 0) is 4.79 Å². The van der Waals surface area contributed by atoms with Gasteiger partial charge in [0.05, 0.1) is 5.41 Å². The molecule has 0 aliphatic heterocycles. The lowest BCUT2D eigenvalue weighted by Crippen LogP contribution is -2.52. The molecule has 0 amide bonds. The third-order valence-corrected chi connectivity index (χ3v) is 7.32. The Kier molecular flexibility index (Phi) is 5.90.